The van der Waals surface area contributed by atoms with E-state index >= 15 is 0 Å². The maximum absolute atomic E-state index is 13.2. The minimum absolute atomic E-state index is 0.105. The Labute approximate surface area is 122 Å². The molecule has 0 heterocycles. The summed E-state index contributed by atoms with van der Waals surface area (Å²) in [4.78, 5) is 0.276. The summed E-state index contributed by atoms with van der Waals surface area (Å²) in [6.45, 7) is 5.56. The van der Waals surface area contributed by atoms with Crippen molar-refractivity contribution < 1.29 is 12.8 Å². The maximum Gasteiger partial charge on any atom is 0.241 e. The molecule has 0 aliphatic heterocycles. The molecule has 1 unspecified atom stereocenters. The Balaban J connectivity index is 2.95. The highest BCUT2D eigenvalue weighted by molar-refractivity contribution is 9.09. The van der Waals surface area contributed by atoms with Crippen LogP contribution in [0, 0.1) is 19.7 Å². The van der Waals surface area contributed by atoms with Gasteiger partial charge in [0.15, 0.2) is 0 Å². The fraction of sp³-hybridized carbons (Fsp3) is 0.538. The molecule has 6 heteroatoms. The van der Waals surface area contributed by atoms with Gasteiger partial charge in [-0.05, 0) is 43.5 Å². The number of hydrogen-bond donors (Lipinski definition) is 1. The van der Waals surface area contributed by atoms with Crippen LogP contribution in [0.5, 0.6) is 0 Å². The first-order valence-corrected chi connectivity index (χ1v) is 8.58. The second-order valence-electron chi connectivity index (χ2n) is 4.61. The first-order valence-electron chi connectivity index (χ1n) is 6.18. The molecule has 0 aliphatic rings. The third kappa shape index (κ3) is 4.54. The predicted octanol–water partition coefficient (Wildman–Crippen LogP) is 3.28. The second kappa shape index (κ2) is 6.81. The van der Waals surface area contributed by atoms with Crippen molar-refractivity contribution in [1.29, 1.82) is 0 Å². The smallest absolute Gasteiger partial charge is 0.210 e. The molecule has 0 bridgehead atoms. The standard InChI is InChI=1S/C13H19BrFNO2S/c1-4-5-11(14)8-16-19(17,18)13-9(2)6-12(15)7-10(13)3/h6-7,11,16H,4-5,8H2,1-3H3. The van der Waals surface area contributed by atoms with Crippen LogP contribution in [0.4, 0.5) is 4.39 Å². The van der Waals surface area contributed by atoms with E-state index in [1.165, 1.54) is 12.1 Å². The van der Waals surface area contributed by atoms with Crippen molar-refractivity contribution in [2.75, 3.05) is 6.54 Å². The van der Waals surface area contributed by atoms with Crippen molar-refractivity contribution in [3.05, 3.63) is 29.1 Å². The number of benzene rings is 1. The number of alkyl halides is 1. The van der Waals surface area contributed by atoms with E-state index in [1.807, 2.05) is 6.92 Å². The Hall–Kier alpha value is -0.460. The number of nitrogens with one attached hydrogen (secondary N) is 1. The normalized spacial score (nSPS) is 13.5. The predicted molar refractivity (Wildman–Crippen MR) is 78.7 cm³/mol. The van der Waals surface area contributed by atoms with Crippen LogP contribution in [-0.4, -0.2) is 19.8 Å². The first-order chi connectivity index (χ1) is 8.77. The summed E-state index contributed by atoms with van der Waals surface area (Å²) in [5.41, 5.74) is 0.846. The van der Waals surface area contributed by atoms with Crippen LogP contribution in [0.3, 0.4) is 0 Å². The average Bonchev–Trinajstić information content (AvgIpc) is 2.25. The summed E-state index contributed by atoms with van der Waals surface area (Å²) >= 11 is 3.42. The molecular formula is C13H19BrFNO2S. The minimum atomic E-state index is -3.60. The quantitative estimate of drug-likeness (QED) is 0.799. The van der Waals surface area contributed by atoms with Gasteiger partial charge in [0.2, 0.25) is 10.0 Å². The van der Waals surface area contributed by atoms with Crippen LogP contribution in [0.15, 0.2) is 17.0 Å². The third-order valence-electron chi connectivity index (χ3n) is 2.79. The van der Waals surface area contributed by atoms with Gasteiger partial charge in [0, 0.05) is 11.4 Å². The SMILES string of the molecule is CCCC(Br)CNS(=O)(=O)c1c(C)cc(F)cc1C. The van der Waals surface area contributed by atoms with E-state index in [9.17, 15) is 12.8 Å². The largest absolute Gasteiger partial charge is 0.241 e. The fourth-order valence-electron chi connectivity index (χ4n) is 2.01. The zero-order valence-electron chi connectivity index (χ0n) is 11.3. The topological polar surface area (TPSA) is 46.2 Å². The van der Waals surface area contributed by atoms with Crippen molar-refractivity contribution in [2.24, 2.45) is 0 Å². The van der Waals surface area contributed by atoms with E-state index in [2.05, 4.69) is 20.7 Å². The minimum Gasteiger partial charge on any atom is -0.210 e. The van der Waals surface area contributed by atoms with Crippen LogP contribution in [0.1, 0.15) is 30.9 Å². The lowest BCUT2D eigenvalue weighted by Crippen LogP contribution is -2.30. The molecule has 108 valence electrons. The lowest BCUT2D eigenvalue weighted by Gasteiger charge is -2.14. The van der Waals surface area contributed by atoms with E-state index in [0.717, 1.165) is 12.8 Å². The Kier molecular flexibility index (Phi) is 5.95. The van der Waals surface area contributed by atoms with Crippen LogP contribution in [-0.2, 0) is 10.0 Å². The van der Waals surface area contributed by atoms with Crippen molar-refractivity contribution in [2.45, 2.75) is 43.3 Å². The maximum atomic E-state index is 13.2. The molecule has 1 rings (SSSR count). The zero-order valence-corrected chi connectivity index (χ0v) is 13.7. The van der Waals surface area contributed by atoms with Crippen LogP contribution in [0.2, 0.25) is 0 Å². The molecule has 3 nitrogen and oxygen atoms in total. The molecule has 0 spiro atoms. The van der Waals surface area contributed by atoms with E-state index in [0.29, 0.717) is 17.7 Å². The summed E-state index contributed by atoms with van der Waals surface area (Å²) in [6.07, 6.45) is 1.87. The molecule has 0 amide bonds. The molecule has 1 N–H and O–H groups in total. The Bertz CT molecular complexity index is 523. The molecule has 0 fully saturated rings. The molecule has 0 radical (unpaired) electrons. The monoisotopic (exact) mass is 351 g/mol. The molecular weight excluding hydrogens is 333 g/mol. The van der Waals surface area contributed by atoms with Gasteiger partial charge in [0.25, 0.3) is 0 Å². The van der Waals surface area contributed by atoms with E-state index in [-0.39, 0.29) is 9.72 Å². The lowest BCUT2D eigenvalue weighted by atomic mass is 10.1. The van der Waals surface area contributed by atoms with Gasteiger partial charge in [-0.1, -0.05) is 29.3 Å². The third-order valence-corrected chi connectivity index (χ3v) is 5.30. The summed E-state index contributed by atoms with van der Waals surface area (Å²) in [6, 6.07) is 2.47. The first kappa shape index (κ1) is 16.6. The molecule has 1 aromatic rings. The van der Waals surface area contributed by atoms with Crippen molar-refractivity contribution >= 4 is 26.0 Å². The lowest BCUT2D eigenvalue weighted by molar-refractivity contribution is 0.575. The number of rotatable bonds is 6. The van der Waals surface area contributed by atoms with Crippen molar-refractivity contribution in [1.82, 2.24) is 4.72 Å². The second-order valence-corrected chi connectivity index (χ2v) is 7.61. The Morgan fingerprint density at radius 2 is 1.84 bits per heavy atom. The van der Waals surface area contributed by atoms with Crippen LogP contribution < -0.4 is 4.72 Å². The van der Waals surface area contributed by atoms with E-state index in [4.69, 9.17) is 0 Å². The molecule has 1 aromatic carbocycles. The van der Waals surface area contributed by atoms with Crippen LogP contribution in [0.25, 0.3) is 0 Å². The summed E-state index contributed by atoms with van der Waals surface area (Å²) in [7, 11) is -3.60. The molecule has 0 saturated carbocycles. The zero-order chi connectivity index (χ0) is 14.6. The summed E-state index contributed by atoms with van der Waals surface area (Å²) in [5.74, 6) is -0.418. The molecule has 0 aromatic heterocycles. The molecule has 1 atom stereocenters. The Morgan fingerprint density at radius 3 is 2.32 bits per heavy atom. The highest BCUT2D eigenvalue weighted by Crippen LogP contribution is 2.21. The van der Waals surface area contributed by atoms with Gasteiger partial charge in [-0.15, -0.1) is 0 Å². The fourth-order valence-corrected chi connectivity index (χ4v) is 4.37. The Morgan fingerprint density at radius 1 is 1.32 bits per heavy atom. The highest BCUT2D eigenvalue weighted by atomic mass is 79.9. The number of hydrogen-bond acceptors (Lipinski definition) is 2. The van der Waals surface area contributed by atoms with E-state index in [1.54, 1.807) is 13.8 Å². The van der Waals surface area contributed by atoms with Gasteiger partial charge in [-0.3, -0.25) is 0 Å². The van der Waals surface area contributed by atoms with Gasteiger partial charge in [0.1, 0.15) is 5.82 Å². The van der Waals surface area contributed by atoms with E-state index < -0.39 is 15.8 Å². The number of halogens is 2. The summed E-state index contributed by atoms with van der Waals surface area (Å²) in [5, 5.41) is 0. The van der Waals surface area contributed by atoms with Gasteiger partial charge < -0.3 is 0 Å². The summed E-state index contributed by atoms with van der Waals surface area (Å²) < 4.78 is 40.2. The van der Waals surface area contributed by atoms with Crippen LogP contribution >= 0.6 is 15.9 Å². The molecule has 0 saturated heterocycles. The number of sulfonamides is 1. The van der Waals surface area contributed by atoms with Gasteiger partial charge in [-0.2, -0.15) is 0 Å². The van der Waals surface area contributed by atoms with Gasteiger partial charge >= 0.3 is 0 Å². The number of aryl methyl sites for hydroxylation is 2. The average molecular weight is 352 g/mol. The van der Waals surface area contributed by atoms with Crippen molar-refractivity contribution in [3.8, 4) is 0 Å². The van der Waals surface area contributed by atoms with Gasteiger partial charge in [0.05, 0.1) is 4.90 Å². The van der Waals surface area contributed by atoms with Gasteiger partial charge in [-0.25, -0.2) is 17.5 Å². The molecule has 0 aliphatic carbocycles. The highest BCUT2D eigenvalue weighted by Gasteiger charge is 2.20. The molecule has 19 heavy (non-hydrogen) atoms. The van der Waals surface area contributed by atoms with Crippen molar-refractivity contribution in [3.63, 3.8) is 0 Å².